The number of alkyl halides is 1. The molecule has 1 aromatic heterocycles. The third-order valence-electron chi connectivity index (χ3n) is 4.36. The van der Waals surface area contributed by atoms with E-state index in [4.69, 9.17) is 16.3 Å². The molecule has 2 atom stereocenters. The van der Waals surface area contributed by atoms with E-state index >= 15 is 0 Å². The minimum atomic E-state index is -0.593. The Labute approximate surface area is 177 Å². The van der Waals surface area contributed by atoms with Gasteiger partial charge >= 0.3 is 0 Å². The second kappa shape index (κ2) is 10.9. The average molecular weight is 418 g/mol. The van der Waals surface area contributed by atoms with E-state index in [1.54, 1.807) is 37.3 Å². The highest BCUT2D eigenvalue weighted by molar-refractivity contribution is 6.20. The Balaban J connectivity index is 2.22. The number of carbonyl (C=O) groups is 2. The molecule has 156 valence electrons. The summed E-state index contributed by atoms with van der Waals surface area (Å²) in [7, 11) is 0. The van der Waals surface area contributed by atoms with Crippen molar-refractivity contribution < 1.29 is 14.3 Å². The van der Waals surface area contributed by atoms with Crippen molar-refractivity contribution in [3.8, 4) is 0 Å². The first-order chi connectivity index (χ1) is 13.8. The van der Waals surface area contributed by atoms with Crippen LogP contribution in [0.25, 0.3) is 0 Å². The number of hydrogen-bond acceptors (Lipinski definition) is 4. The van der Waals surface area contributed by atoms with Crippen LogP contribution in [0.4, 0.5) is 5.69 Å². The van der Waals surface area contributed by atoms with Gasteiger partial charge in [-0.1, -0.05) is 37.6 Å². The van der Waals surface area contributed by atoms with Gasteiger partial charge in [0.05, 0.1) is 5.56 Å². The molecule has 2 rings (SSSR count). The van der Waals surface area contributed by atoms with Crippen LogP contribution < -0.4 is 10.6 Å². The van der Waals surface area contributed by atoms with Crippen LogP contribution in [0.15, 0.2) is 36.4 Å². The highest BCUT2D eigenvalue weighted by atomic mass is 35.5. The van der Waals surface area contributed by atoms with Crippen LogP contribution >= 0.6 is 11.6 Å². The third kappa shape index (κ3) is 6.54. The second-order valence-electron chi connectivity index (χ2n) is 6.90. The largest absolute Gasteiger partial charge is 0.358 e. The number of pyridine rings is 1. The number of amides is 2. The van der Waals surface area contributed by atoms with Crippen molar-refractivity contribution in [1.29, 1.82) is 0 Å². The predicted molar refractivity (Wildman–Crippen MR) is 115 cm³/mol. The smallest absolute Gasteiger partial charge is 0.270 e. The van der Waals surface area contributed by atoms with E-state index in [9.17, 15) is 9.59 Å². The van der Waals surface area contributed by atoms with Gasteiger partial charge < -0.3 is 15.4 Å². The Morgan fingerprint density at radius 3 is 2.62 bits per heavy atom. The van der Waals surface area contributed by atoms with Crippen LogP contribution in [-0.4, -0.2) is 29.4 Å². The van der Waals surface area contributed by atoms with Crippen molar-refractivity contribution in [1.82, 2.24) is 10.3 Å². The fraction of sp³-hybridized carbons (Fsp3) is 0.409. The number of halogens is 1. The molecule has 2 aromatic rings. The number of benzene rings is 1. The molecule has 2 N–H and O–H groups in total. The highest BCUT2D eigenvalue weighted by Gasteiger charge is 2.20. The summed E-state index contributed by atoms with van der Waals surface area (Å²) in [5.74, 6) is -0.778. The summed E-state index contributed by atoms with van der Waals surface area (Å²) in [6.07, 6.45) is 1.65. The molecule has 0 fully saturated rings. The third-order valence-corrected chi connectivity index (χ3v) is 4.74. The van der Waals surface area contributed by atoms with Gasteiger partial charge in [-0.25, -0.2) is 4.98 Å². The monoisotopic (exact) mass is 417 g/mol. The zero-order valence-corrected chi connectivity index (χ0v) is 18.0. The molecule has 0 aliphatic rings. The van der Waals surface area contributed by atoms with Gasteiger partial charge in [-0.3, -0.25) is 9.59 Å². The van der Waals surface area contributed by atoms with E-state index in [0.29, 0.717) is 18.0 Å². The van der Waals surface area contributed by atoms with E-state index in [0.717, 1.165) is 18.4 Å². The van der Waals surface area contributed by atoms with Gasteiger partial charge in [0.25, 0.3) is 11.8 Å². The lowest BCUT2D eigenvalue weighted by molar-refractivity contribution is 0.0922. The molecule has 7 heteroatoms. The molecule has 1 heterocycles. The molecule has 0 radical (unpaired) electrons. The summed E-state index contributed by atoms with van der Waals surface area (Å²) in [6.45, 7) is 8.22. The number of aromatic nitrogens is 1. The number of nitrogens with one attached hydrogen (secondary N) is 2. The number of hydrogen-bond donors (Lipinski definition) is 2. The molecule has 2 unspecified atom stereocenters. The highest BCUT2D eigenvalue weighted by Crippen LogP contribution is 2.25. The molecular formula is C22H28ClN3O3. The molecule has 0 saturated heterocycles. The molecule has 0 bridgehead atoms. The quantitative estimate of drug-likeness (QED) is 0.572. The van der Waals surface area contributed by atoms with Crippen molar-refractivity contribution in [3.63, 3.8) is 0 Å². The first-order valence-electron chi connectivity index (χ1n) is 9.81. The summed E-state index contributed by atoms with van der Waals surface area (Å²) < 4.78 is 5.52. The van der Waals surface area contributed by atoms with Gasteiger partial charge in [-0.2, -0.15) is 0 Å². The Bertz CT molecular complexity index is 857. The van der Waals surface area contributed by atoms with E-state index < -0.39 is 11.5 Å². The van der Waals surface area contributed by atoms with Gasteiger partial charge in [0.1, 0.15) is 5.69 Å². The SMILES string of the molecule is CCCOC(Cl)c1cccc(NC(=O)c2ccc(C)nc2C(=O)NC(C)CC)c1. The molecule has 6 nitrogen and oxygen atoms in total. The number of anilines is 1. The summed E-state index contributed by atoms with van der Waals surface area (Å²) in [4.78, 5) is 29.8. The molecule has 2 amide bonds. The van der Waals surface area contributed by atoms with Gasteiger partial charge in [0, 0.05) is 24.0 Å². The molecular weight excluding hydrogens is 390 g/mol. The van der Waals surface area contributed by atoms with Gasteiger partial charge in [-0.05, 0) is 56.5 Å². The second-order valence-corrected chi connectivity index (χ2v) is 7.29. The zero-order chi connectivity index (χ0) is 21.4. The van der Waals surface area contributed by atoms with Crippen LogP contribution in [-0.2, 0) is 4.74 Å². The topological polar surface area (TPSA) is 80.3 Å². The van der Waals surface area contributed by atoms with E-state index in [2.05, 4.69) is 15.6 Å². The molecule has 29 heavy (non-hydrogen) atoms. The van der Waals surface area contributed by atoms with Gasteiger partial charge in [0.15, 0.2) is 5.56 Å². The summed E-state index contributed by atoms with van der Waals surface area (Å²) in [5, 5.41) is 5.68. The fourth-order valence-corrected chi connectivity index (χ4v) is 2.81. The van der Waals surface area contributed by atoms with Crippen LogP contribution in [0.2, 0.25) is 0 Å². The van der Waals surface area contributed by atoms with Crippen molar-refractivity contribution in [2.45, 2.75) is 52.1 Å². The lowest BCUT2D eigenvalue weighted by atomic mass is 10.1. The molecule has 0 aliphatic heterocycles. The van der Waals surface area contributed by atoms with Crippen LogP contribution in [0, 0.1) is 6.92 Å². The van der Waals surface area contributed by atoms with Crippen molar-refractivity contribution >= 4 is 29.1 Å². The predicted octanol–water partition coefficient (Wildman–Crippen LogP) is 4.83. The van der Waals surface area contributed by atoms with Crippen LogP contribution in [0.3, 0.4) is 0 Å². The van der Waals surface area contributed by atoms with E-state index in [1.807, 2.05) is 26.8 Å². The van der Waals surface area contributed by atoms with Crippen LogP contribution in [0.5, 0.6) is 0 Å². The lowest BCUT2D eigenvalue weighted by Crippen LogP contribution is -2.34. The van der Waals surface area contributed by atoms with Gasteiger partial charge in [0.2, 0.25) is 0 Å². The minimum absolute atomic E-state index is 0.0128. The number of carbonyl (C=O) groups excluding carboxylic acids is 2. The Hall–Kier alpha value is -2.44. The zero-order valence-electron chi connectivity index (χ0n) is 17.3. The van der Waals surface area contributed by atoms with E-state index in [-0.39, 0.29) is 23.2 Å². The maximum absolute atomic E-state index is 12.9. The summed E-state index contributed by atoms with van der Waals surface area (Å²) in [6, 6.07) is 10.4. The fourth-order valence-electron chi connectivity index (χ4n) is 2.58. The molecule has 1 aromatic carbocycles. The lowest BCUT2D eigenvalue weighted by Gasteiger charge is -2.15. The number of aryl methyl sites for hydroxylation is 1. The average Bonchev–Trinajstić information content (AvgIpc) is 2.71. The first kappa shape index (κ1) is 22.8. The Kier molecular flexibility index (Phi) is 8.61. The number of rotatable bonds is 9. The summed E-state index contributed by atoms with van der Waals surface area (Å²) >= 11 is 6.26. The Morgan fingerprint density at radius 1 is 1.17 bits per heavy atom. The van der Waals surface area contributed by atoms with Crippen molar-refractivity contribution in [2.75, 3.05) is 11.9 Å². The standard InChI is InChI=1S/C22H28ClN3O3/c1-5-12-29-20(23)16-8-7-9-17(13-16)26-21(27)18-11-10-15(4)24-19(18)22(28)25-14(3)6-2/h7-11,13-14,20H,5-6,12H2,1-4H3,(H,25,28)(H,26,27). The first-order valence-corrected chi connectivity index (χ1v) is 10.2. The van der Waals surface area contributed by atoms with Gasteiger partial charge in [-0.15, -0.1) is 0 Å². The number of ether oxygens (including phenoxy) is 1. The molecule has 0 aliphatic carbocycles. The van der Waals surface area contributed by atoms with Crippen molar-refractivity contribution in [3.05, 3.63) is 58.9 Å². The molecule has 0 spiro atoms. The molecule has 0 saturated carbocycles. The van der Waals surface area contributed by atoms with E-state index in [1.165, 1.54) is 0 Å². The Morgan fingerprint density at radius 2 is 1.93 bits per heavy atom. The maximum Gasteiger partial charge on any atom is 0.270 e. The number of nitrogens with zero attached hydrogens (tertiary/aromatic N) is 1. The maximum atomic E-state index is 12.9. The normalized spacial score (nSPS) is 12.9. The summed E-state index contributed by atoms with van der Waals surface area (Å²) in [5.41, 5.74) is 1.70. The minimum Gasteiger partial charge on any atom is -0.358 e. The van der Waals surface area contributed by atoms with Crippen molar-refractivity contribution in [2.24, 2.45) is 0 Å². The van der Waals surface area contributed by atoms with Crippen LogP contribution in [0.1, 0.15) is 71.3 Å².